The van der Waals surface area contributed by atoms with E-state index in [0.717, 1.165) is 35.6 Å². The molecule has 1 saturated heterocycles. The first kappa shape index (κ1) is 29.3. The lowest BCUT2D eigenvalue weighted by molar-refractivity contribution is -0.0665. The van der Waals surface area contributed by atoms with Crippen LogP contribution in [0.25, 0.3) is 10.4 Å². The highest BCUT2D eigenvalue weighted by Gasteiger charge is 2.41. The number of aryl methyl sites for hydroxylation is 1. The Morgan fingerprint density at radius 2 is 1.97 bits per heavy atom. The number of thiazole rings is 1. The van der Waals surface area contributed by atoms with Gasteiger partial charge in [-0.2, -0.15) is 0 Å². The molecule has 11 heteroatoms. The number of amides is 2. The molecule has 0 spiro atoms. The van der Waals surface area contributed by atoms with Crippen molar-refractivity contribution in [3.63, 3.8) is 0 Å². The Bertz CT molecular complexity index is 1190. The summed E-state index contributed by atoms with van der Waals surface area (Å²) in [6.45, 7) is 7.00. The second-order valence-electron chi connectivity index (χ2n) is 11.5. The number of nitrogens with one attached hydrogen (secondary N) is 2. The molecule has 4 rings (SSSR count). The highest BCUT2D eigenvalue weighted by molar-refractivity contribution is 7.17. The van der Waals surface area contributed by atoms with E-state index in [4.69, 9.17) is 0 Å². The van der Waals surface area contributed by atoms with Crippen molar-refractivity contribution >= 4 is 29.0 Å². The van der Waals surface area contributed by atoms with E-state index in [2.05, 4.69) is 20.6 Å². The quantitative estimate of drug-likeness (QED) is 0.397. The van der Waals surface area contributed by atoms with E-state index in [-0.39, 0.29) is 23.8 Å². The number of carbonyl (C=O) groups excluding carboxylic acids is 2. The Kier molecular flexibility index (Phi) is 8.90. The molecule has 2 fully saturated rings. The third kappa shape index (κ3) is 7.51. The smallest absolute Gasteiger partial charge is 0.280 e. The monoisotopic (exact) mass is 563 g/mol. The molecule has 2 aromatic rings. The lowest BCUT2D eigenvalue weighted by atomic mass is 9.95. The van der Waals surface area contributed by atoms with Gasteiger partial charge in [0.1, 0.15) is 11.5 Å². The molecule has 2 aromatic heterocycles. The molecule has 1 saturated carbocycles. The van der Waals surface area contributed by atoms with Crippen LogP contribution in [0.3, 0.4) is 0 Å². The average Bonchev–Trinajstić information content (AvgIpc) is 3.28. The molecule has 0 radical (unpaired) electrons. The van der Waals surface area contributed by atoms with Crippen LogP contribution in [0.5, 0.6) is 0 Å². The van der Waals surface area contributed by atoms with Gasteiger partial charge in [0.05, 0.1) is 10.5 Å². The van der Waals surface area contributed by atoms with E-state index >= 15 is 0 Å². The van der Waals surface area contributed by atoms with Crippen LogP contribution in [0.1, 0.15) is 98.0 Å². The number of pyridine rings is 1. The number of nitrogens with zero attached hydrogens (tertiary/aromatic N) is 3. The minimum atomic E-state index is -2.81. The maximum absolute atomic E-state index is 14.0. The number of aliphatic hydroxyl groups is 1. The molecule has 1 atom stereocenters. The van der Waals surface area contributed by atoms with Gasteiger partial charge in [-0.3, -0.25) is 9.59 Å². The summed E-state index contributed by atoms with van der Waals surface area (Å²) < 4.78 is 27.9. The van der Waals surface area contributed by atoms with Gasteiger partial charge in [0.25, 0.3) is 17.7 Å². The number of carbonyl (C=O) groups is 2. The first-order valence-electron chi connectivity index (χ1n) is 13.8. The predicted molar refractivity (Wildman–Crippen MR) is 149 cm³/mol. The zero-order valence-corrected chi connectivity index (χ0v) is 24.0. The number of aromatic nitrogens is 2. The van der Waals surface area contributed by atoms with Gasteiger partial charge in [-0.05, 0) is 58.6 Å². The second kappa shape index (κ2) is 11.8. The van der Waals surface area contributed by atoms with E-state index in [0.29, 0.717) is 22.9 Å². The van der Waals surface area contributed by atoms with Crippen molar-refractivity contribution < 1.29 is 23.5 Å². The minimum absolute atomic E-state index is 0.0718. The van der Waals surface area contributed by atoms with Crippen LogP contribution >= 0.6 is 11.3 Å². The molecule has 1 aliphatic carbocycles. The lowest BCUT2D eigenvalue weighted by Crippen LogP contribution is -2.48. The Balaban J connectivity index is 1.63. The van der Waals surface area contributed by atoms with Crippen molar-refractivity contribution in [1.29, 1.82) is 0 Å². The van der Waals surface area contributed by atoms with Crippen molar-refractivity contribution in [3.8, 4) is 10.4 Å². The standard InChI is InChI=1S/C28H39F2N5O3S/c1-17-14-21(33-19-8-6-5-7-9-19)32-16-20(17)23-22(26(37)35-13-11-28(29,30)15-18(35)2)34-25(39-23)24(36)31-12-10-27(3,4)38/h14,16,18-19,38H,5-13,15H2,1-4H3,(H,31,36)(H,32,33)/t18-/m0/s1. The van der Waals surface area contributed by atoms with Gasteiger partial charge < -0.3 is 20.6 Å². The molecular weight excluding hydrogens is 524 g/mol. The van der Waals surface area contributed by atoms with Crippen molar-refractivity contribution in [3.05, 3.63) is 28.5 Å². The predicted octanol–water partition coefficient (Wildman–Crippen LogP) is 5.41. The number of hydrogen-bond donors (Lipinski definition) is 3. The summed E-state index contributed by atoms with van der Waals surface area (Å²) in [5.74, 6) is -2.97. The van der Waals surface area contributed by atoms with Gasteiger partial charge in [0.2, 0.25) is 0 Å². The summed E-state index contributed by atoms with van der Waals surface area (Å²) in [5.41, 5.74) is 0.678. The molecule has 1 aliphatic heterocycles. The maximum Gasteiger partial charge on any atom is 0.280 e. The van der Waals surface area contributed by atoms with Crippen LogP contribution in [-0.4, -0.2) is 68.5 Å². The molecule has 0 aromatic carbocycles. The summed E-state index contributed by atoms with van der Waals surface area (Å²) >= 11 is 1.09. The normalized spacial score (nSPS) is 20.1. The fourth-order valence-corrected chi connectivity index (χ4v) is 6.27. The first-order valence-corrected chi connectivity index (χ1v) is 14.6. The second-order valence-corrected chi connectivity index (χ2v) is 12.5. The molecular formula is C28H39F2N5O3S. The van der Waals surface area contributed by atoms with E-state index in [9.17, 15) is 23.5 Å². The highest BCUT2D eigenvalue weighted by atomic mass is 32.1. The van der Waals surface area contributed by atoms with Gasteiger partial charge in [-0.15, -0.1) is 11.3 Å². The van der Waals surface area contributed by atoms with Crippen LogP contribution in [0.4, 0.5) is 14.6 Å². The molecule has 0 unspecified atom stereocenters. The molecule has 3 heterocycles. The number of hydrogen-bond acceptors (Lipinski definition) is 7. The van der Waals surface area contributed by atoms with Crippen LogP contribution in [0, 0.1) is 6.92 Å². The third-order valence-electron chi connectivity index (χ3n) is 7.46. The Morgan fingerprint density at radius 3 is 2.62 bits per heavy atom. The van der Waals surface area contributed by atoms with E-state index in [1.165, 1.54) is 24.2 Å². The number of alkyl halides is 2. The Morgan fingerprint density at radius 1 is 1.26 bits per heavy atom. The van der Waals surface area contributed by atoms with E-state index in [1.54, 1.807) is 27.0 Å². The van der Waals surface area contributed by atoms with Crippen LogP contribution in [0.2, 0.25) is 0 Å². The third-order valence-corrected chi connectivity index (χ3v) is 8.55. The van der Waals surface area contributed by atoms with Crippen molar-refractivity contribution in [2.45, 2.75) is 103 Å². The topological polar surface area (TPSA) is 107 Å². The SMILES string of the molecule is Cc1cc(NC2CCCCC2)ncc1-c1sc(C(=O)NCCC(C)(C)O)nc1C(=O)N1CCC(F)(F)C[C@@H]1C. The largest absolute Gasteiger partial charge is 0.390 e. The maximum atomic E-state index is 14.0. The van der Waals surface area contributed by atoms with Crippen LogP contribution in [-0.2, 0) is 0 Å². The van der Waals surface area contributed by atoms with Gasteiger partial charge in [0.15, 0.2) is 5.01 Å². The lowest BCUT2D eigenvalue weighted by Gasteiger charge is -2.37. The zero-order chi connectivity index (χ0) is 28.4. The summed E-state index contributed by atoms with van der Waals surface area (Å²) in [4.78, 5) is 37.6. The molecule has 214 valence electrons. The zero-order valence-electron chi connectivity index (χ0n) is 23.1. The Hall–Kier alpha value is -2.66. The fraction of sp³-hybridized carbons (Fsp3) is 0.643. The molecule has 2 aliphatic rings. The fourth-order valence-electron chi connectivity index (χ4n) is 5.22. The number of rotatable bonds is 8. The Labute approximate surface area is 232 Å². The van der Waals surface area contributed by atoms with Gasteiger partial charge >= 0.3 is 0 Å². The average molecular weight is 564 g/mol. The summed E-state index contributed by atoms with van der Waals surface area (Å²) in [5, 5.41) is 16.3. The summed E-state index contributed by atoms with van der Waals surface area (Å²) in [6, 6.07) is 1.65. The van der Waals surface area contributed by atoms with Crippen molar-refractivity contribution in [2.24, 2.45) is 0 Å². The number of halogens is 2. The van der Waals surface area contributed by atoms with E-state index in [1.807, 2.05) is 13.0 Å². The molecule has 8 nitrogen and oxygen atoms in total. The summed E-state index contributed by atoms with van der Waals surface area (Å²) in [7, 11) is 0. The highest BCUT2D eigenvalue weighted by Crippen LogP contribution is 2.37. The molecule has 2 amide bonds. The number of likely N-dealkylation sites (tertiary alicyclic amines) is 1. The van der Waals surface area contributed by atoms with Crippen molar-refractivity contribution in [1.82, 2.24) is 20.2 Å². The molecule has 3 N–H and O–H groups in total. The molecule has 0 bridgehead atoms. The van der Waals surface area contributed by atoms with Crippen molar-refractivity contribution in [2.75, 3.05) is 18.4 Å². The van der Waals surface area contributed by atoms with Gasteiger partial charge in [-0.25, -0.2) is 18.7 Å². The van der Waals surface area contributed by atoms with Gasteiger partial charge in [0, 0.05) is 49.8 Å². The number of anilines is 1. The minimum Gasteiger partial charge on any atom is -0.390 e. The van der Waals surface area contributed by atoms with Gasteiger partial charge in [-0.1, -0.05) is 19.3 Å². The summed E-state index contributed by atoms with van der Waals surface area (Å²) in [6.07, 6.45) is 7.08. The molecule has 39 heavy (non-hydrogen) atoms. The first-order chi connectivity index (χ1) is 18.3. The number of piperidine rings is 1. The van der Waals surface area contributed by atoms with Crippen LogP contribution in [0.15, 0.2) is 12.3 Å². The van der Waals surface area contributed by atoms with Crippen LogP contribution < -0.4 is 10.6 Å². The van der Waals surface area contributed by atoms with E-state index < -0.39 is 42.2 Å².